The lowest BCUT2D eigenvalue weighted by Gasteiger charge is -2.40. The largest absolute Gasteiger partial charge is 0.389 e. The summed E-state index contributed by atoms with van der Waals surface area (Å²) in [5.41, 5.74) is 0.741. The molecular formula is C12H18N4O3S. The van der Waals surface area contributed by atoms with Gasteiger partial charge in [0, 0.05) is 25.7 Å². The van der Waals surface area contributed by atoms with Crippen molar-refractivity contribution in [2.75, 3.05) is 30.8 Å². The number of aryl methyl sites for hydroxylation is 1. The first-order valence-corrected chi connectivity index (χ1v) is 8.45. The topological polar surface area (TPSA) is 86.6 Å². The maximum Gasteiger partial charge on any atom is 0.211 e. The number of aliphatic hydroxyl groups excluding tert-OH is 1. The van der Waals surface area contributed by atoms with Gasteiger partial charge in [0.15, 0.2) is 0 Å². The van der Waals surface area contributed by atoms with Crippen molar-refractivity contribution < 1.29 is 13.5 Å². The van der Waals surface area contributed by atoms with Crippen molar-refractivity contribution in [2.45, 2.75) is 25.5 Å². The molecule has 0 amide bonds. The molecule has 1 aromatic heterocycles. The lowest BCUT2D eigenvalue weighted by Crippen LogP contribution is -2.51. The smallest absolute Gasteiger partial charge is 0.211 e. The molecule has 2 fully saturated rings. The van der Waals surface area contributed by atoms with E-state index in [9.17, 15) is 13.5 Å². The molecule has 7 nitrogen and oxygen atoms in total. The van der Waals surface area contributed by atoms with Crippen molar-refractivity contribution in [3.63, 3.8) is 0 Å². The highest BCUT2D eigenvalue weighted by Crippen LogP contribution is 2.35. The van der Waals surface area contributed by atoms with Crippen molar-refractivity contribution >= 4 is 15.8 Å². The number of sulfonamides is 1. The zero-order valence-corrected chi connectivity index (χ0v) is 12.3. The Morgan fingerprint density at radius 2 is 2.05 bits per heavy atom. The van der Waals surface area contributed by atoms with E-state index in [2.05, 4.69) is 9.97 Å². The second-order valence-corrected chi connectivity index (χ2v) is 7.37. The molecule has 1 aromatic rings. The average Bonchev–Trinajstić information content (AvgIpc) is 2.19. The van der Waals surface area contributed by atoms with Gasteiger partial charge in [0.2, 0.25) is 10.0 Å². The highest BCUT2D eigenvalue weighted by atomic mass is 32.2. The number of nitrogens with zero attached hydrogens (tertiary/aromatic N) is 4. The Morgan fingerprint density at radius 3 is 2.55 bits per heavy atom. The summed E-state index contributed by atoms with van der Waals surface area (Å²) in [6.07, 6.45) is 1.70. The molecule has 1 N–H and O–H groups in total. The lowest BCUT2D eigenvalue weighted by atomic mass is 10.0. The first kappa shape index (κ1) is 13.7. The zero-order valence-electron chi connectivity index (χ0n) is 11.5. The summed E-state index contributed by atoms with van der Waals surface area (Å²) in [5, 5.41) is 9.36. The van der Waals surface area contributed by atoms with E-state index in [0.717, 1.165) is 17.9 Å². The van der Waals surface area contributed by atoms with Gasteiger partial charge >= 0.3 is 0 Å². The van der Waals surface area contributed by atoms with Crippen LogP contribution in [0.25, 0.3) is 0 Å². The van der Waals surface area contributed by atoms with Gasteiger partial charge in [-0.1, -0.05) is 0 Å². The molecule has 8 heteroatoms. The summed E-state index contributed by atoms with van der Waals surface area (Å²) in [7, 11) is -3.19. The predicted octanol–water partition coefficient (Wildman–Crippen LogP) is -0.328. The number of rotatable bonds is 3. The SMILES string of the molecule is Cc1nc([C@H]2CCN2S(C)(=O)=O)cc(N2CC(O)C2)n1. The molecule has 2 aliphatic rings. The number of hydrogen-bond acceptors (Lipinski definition) is 6. The molecule has 0 spiro atoms. The van der Waals surface area contributed by atoms with Gasteiger partial charge in [-0.3, -0.25) is 0 Å². The molecule has 20 heavy (non-hydrogen) atoms. The number of aromatic nitrogens is 2. The Bertz CT molecular complexity index is 628. The van der Waals surface area contributed by atoms with Crippen LogP contribution in [0.4, 0.5) is 5.82 Å². The van der Waals surface area contributed by atoms with E-state index < -0.39 is 10.0 Å². The van der Waals surface area contributed by atoms with Crippen LogP contribution in [0.3, 0.4) is 0 Å². The highest BCUT2D eigenvalue weighted by molar-refractivity contribution is 7.88. The molecule has 0 aromatic carbocycles. The van der Waals surface area contributed by atoms with Crippen LogP contribution in [0, 0.1) is 6.92 Å². The Labute approximate surface area is 118 Å². The third kappa shape index (κ3) is 2.38. The van der Waals surface area contributed by atoms with Crippen LogP contribution in [0.5, 0.6) is 0 Å². The summed E-state index contributed by atoms with van der Waals surface area (Å²) in [4.78, 5) is 10.7. The van der Waals surface area contributed by atoms with Gasteiger partial charge in [-0.05, 0) is 13.3 Å². The lowest BCUT2D eigenvalue weighted by molar-refractivity contribution is 0.141. The van der Waals surface area contributed by atoms with Crippen LogP contribution in [-0.4, -0.2) is 59.8 Å². The molecule has 2 saturated heterocycles. The van der Waals surface area contributed by atoms with E-state index >= 15 is 0 Å². The Kier molecular flexibility index (Phi) is 3.19. The van der Waals surface area contributed by atoms with Gasteiger partial charge in [0.05, 0.1) is 24.1 Å². The van der Waals surface area contributed by atoms with Crippen molar-refractivity contribution in [2.24, 2.45) is 0 Å². The van der Waals surface area contributed by atoms with Gasteiger partial charge in [-0.15, -0.1) is 0 Å². The zero-order chi connectivity index (χ0) is 14.5. The standard InChI is InChI=1S/C12H18N4O3S/c1-8-13-10(11-3-4-16(11)20(2,18)19)5-12(14-8)15-6-9(17)7-15/h5,9,11,17H,3-4,6-7H2,1-2H3/t11-/m1/s1. The molecule has 2 aliphatic heterocycles. The van der Waals surface area contributed by atoms with Crippen LogP contribution < -0.4 is 4.90 Å². The average molecular weight is 298 g/mol. The minimum atomic E-state index is -3.19. The Hall–Kier alpha value is -1.25. The monoisotopic (exact) mass is 298 g/mol. The molecule has 3 heterocycles. The van der Waals surface area contributed by atoms with Crippen LogP contribution in [0.15, 0.2) is 6.07 Å². The van der Waals surface area contributed by atoms with Gasteiger partial charge in [-0.25, -0.2) is 18.4 Å². The molecule has 3 rings (SSSR count). The fraction of sp³-hybridized carbons (Fsp3) is 0.667. The molecular weight excluding hydrogens is 280 g/mol. The van der Waals surface area contributed by atoms with E-state index in [4.69, 9.17) is 0 Å². The first-order chi connectivity index (χ1) is 9.34. The number of anilines is 1. The fourth-order valence-corrected chi connectivity index (χ4v) is 3.72. The molecule has 0 unspecified atom stereocenters. The summed E-state index contributed by atoms with van der Waals surface area (Å²) in [6, 6.07) is 1.65. The highest BCUT2D eigenvalue weighted by Gasteiger charge is 2.38. The van der Waals surface area contributed by atoms with Crippen LogP contribution in [0.1, 0.15) is 24.0 Å². The maximum atomic E-state index is 11.7. The van der Waals surface area contributed by atoms with E-state index in [-0.39, 0.29) is 12.1 Å². The normalized spacial score (nSPS) is 24.4. The van der Waals surface area contributed by atoms with E-state index in [1.165, 1.54) is 10.6 Å². The van der Waals surface area contributed by atoms with Crippen molar-refractivity contribution in [3.05, 3.63) is 17.6 Å². The predicted molar refractivity (Wildman–Crippen MR) is 73.9 cm³/mol. The number of hydrogen-bond donors (Lipinski definition) is 1. The molecule has 0 radical (unpaired) electrons. The van der Waals surface area contributed by atoms with E-state index in [1.54, 1.807) is 6.92 Å². The van der Waals surface area contributed by atoms with Gasteiger partial charge in [0.25, 0.3) is 0 Å². The first-order valence-electron chi connectivity index (χ1n) is 6.60. The Morgan fingerprint density at radius 1 is 1.35 bits per heavy atom. The molecule has 0 saturated carbocycles. The number of aliphatic hydroxyl groups is 1. The minimum absolute atomic E-state index is 0.184. The summed E-state index contributed by atoms with van der Waals surface area (Å²) in [5.74, 6) is 1.39. The van der Waals surface area contributed by atoms with Crippen molar-refractivity contribution in [1.29, 1.82) is 0 Å². The van der Waals surface area contributed by atoms with Crippen molar-refractivity contribution in [3.8, 4) is 0 Å². The summed E-state index contributed by atoms with van der Waals surface area (Å²) < 4.78 is 24.8. The second kappa shape index (κ2) is 4.64. The summed E-state index contributed by atoms with van der Waals surface area (Å²) in [6.45, 7) is 3.48. The molecule has 110 valence electrons. The maximum absolute atomic E-state index is 11.7. The molecule has 0 aliphatic carbocycles. The number of β-amino-alcohol motifs (C(OH)–C–C–N with tert-alkyl or cyclic N) is 1. The molecule has 1 atom stereocenters. The van der Waals surface area contributed by atoms with Gasteiger partial charge in [0.1, 0.15) is 11.6 Å². The van der Waals surface area contributed by atoms with Crippen LogP contribution in [0.2, 0.25) is 0 Å². The van der Waals surface area contributed by atoms with Gasteiger partial charge < -0.3 is 10.0 Å². The van der Waals surface area contributed by atoms with Crippen LogP contribution >= 0.6 is 0 Å². The van der Waals surface area contributed by atoms with Crippen LogP contribution in [-0.2, 0) is 10.0 Å². The third-order valence-electron chi connectivity index (χ3n) is 3.77. The third-order valence-corrected chi connectivity index (χ3v) is 5.06. The van der Waals surface area contributed by atoms with E-state index in [0.29, 0.717) is 25.5 Å². The Balaban J connectivity index is 1.87. The quantitative estimate of drug-likeness (QED) is 0.822. The van der Waals surface area contributed by atoms with Gasteiger partial charge in [-0.2, -0.15) is 4.31 Å². The second-order valence-electron chi connectivity index (χ2n) is 5.44. The van der Waals surface area contributed by atoms with Crippen molar-refractivity contribution in [1.82, 2.24) is 14.3 Å². The van der Waals surface area contributed by atoms with E-state index in [1.807, 2.05) is 11.0 Å². The summed E-state index contributed by atoms with van der Waals surface area (Å²) >= 11 is 0. The molecule has 0 bridgehead atoms. The minimum Gasteiger partial charge on any atom is -0.389 e. The fourth-order valence-electron chi connectivity index (χ4n) is 2.61.